The number of rotatable bonds is 41. The fourth-order valence-corrected chi connectivity index (χ4v) is 6.13. The number of carbonyl (C=O) groups is 3. The highest BCUT2D eigenvalue weighted by Crippen LogP contribution is 2.13. The standard InChI is InChI=1S/C55H86O6/c1-4-7-10-13-16-19-21-23-25-26-27-28-30-31-33-36-39-42-45-48-54(57)60-51-52(50-59-53(56)47-44-41-38-35-18-15-12-9-6-3)61-55(58)49-46-43-40-37-34-32-29-24-22-20-17-14-11-8-5-2/h7-8,10-11,13-14,16-17,19-23,25-28,30-31,33,52H,4-6,9,12,15,18,24,29,32,34-51H2,1-3H3/b10-7-,11-8-,16-13-,17-14-,21-19-,22-20-,25-23-,27-26+,30-28-,33-31-. The van der Waals surface area contributed by atoms with Crippen LogP contribution in [0.5, 0.6) is 0 Å². The Morgan fingerprint density at radius 2 is 0.639 bits per heavy atom. The highest BCUT2D eigenvalue weighted by Gasteiger charge is 2.19. The number of hydrogen-bond acceptors (Lipinski definition) is 6. The number of unbranched alkanes of at least 4 members (excludes halogenated alkanes) is 18. The van der Waals surface area contributed by atoms with Crippen molar-refractivity contribution in [3.05, 3.63) is 122 Å². The van der Waals surface area contributed by atoms with Crippen LogP contribution in [-0.2, 0) is 28.6 Å². The monoisotopic (exact) mass is 843 g/mol. The molecule has 0 radical (unpaired) electrons. The molecule has 0 amide bonds. The van der Waals surface area contributed by atoms with E-state index in [9.17, 15) is 14.4 Å². The zero-order valence-electron chi connectivity index (χ0n) is 38.9. The van der Waals surface area contributed by atoms with E-state index in [1.807, 2.05) is 72.9 Å². The first kappa shape index (κ1) is 56.8. The van der Waals surface area contributed by atoms with Crippen LogP contribution in [0.1, 0.15) is 188 Å². The maximum atomic E-state index is 12.8. The molecular weight excluding hydrogens is 757 g/mol. The smallest absolute Gasteiger partial charge is 0.306 e. The first-order valence-corrected chi connectivity index (χ1v) is 24.2. The summed E-state index contributed by atoms with van der Waals surface area (Å²) in [5, 5.41) is 0. The summed E-state index contributed by atoms with van der Waals surface area (Å²) >= 11 is 0. The average Bonchev–Trinajstić information content (AvgIpc) is 3.26. The molecule has 0 aromatic rings. The van der Waals surface area contributed by atoms with E-state index in [4.69, 9.17) is 14.2 Å². The van der Waals surface area contributed by atoms with E-state index in [2.05, 4.69) is 69.4 Å². The normalized spacial score (nSPS) is 13.2. The zero-order chi connectivity index (χ0) is 44.4. The summed E-state index contributed by atoms with van der Waals surface area (Å²) in [5.74, 6) is -0.973. The fourth-order valence-electron chi connectivity index (χ4n) is 6.13. The Balaban J connectivity index is 4.49. The Morgan fingerprint density at radius 3 is 1.02 bits per heavy atom. The lowest BCUT2D eigenvalue weighted by molar-refractivity contribution is -0.167. The third kappa shape index (κ3) is 46.7. The Labute approximate surface area is 373 Å². The third-order valence-corrected chi connectivity index (χ3v) is 9.72. The van der Waals surface area contributed by atoms with Crippen LogP contribution >= 0.6 is 0 Å². The molecule has 342 valence electrons. The molecule has 0 aliphatic heterocycles. The van der Waals surface area contributed by atoms with Gasteiger partial charge < -0.3 is 14.2 Å². The molecule has 0 saturated heterocycles. The lowest BCUT2D eigenvalue weighted by Crippen LogP contribution is -2.30. The van der Waals surface area contributed by atoms with Gasteiger partial charge in [-0.2, -0.15) is 0 Å². The van der Waals surface area contributed by atoms with Crippen molar-refractivity contribution in [3.8, 4) is 0 Å². The molecular formula is C55H86O6. The van der Waals surface area contributed by atoms with Gasteiger partial charge in [-0.1, -0.05) is 232 Å². The molecule has 6 nitrogen and oxygen atoms in total. The van der Waals surface area contributed by atoms with Crippen molar-refractivity contribution < 1.29 is 28.6 Å². The summed E-state index contributed by atoms with van der Waals surface area (Å²) in [4.78, 5) is 37.8. The van der Waals surface area contributed by atoms with Crippen LogP contribution in [-0.4, -0.2) is 37.2 Å². The topological polar surface area (TPSA) is 78.9 Å². The highest BCUT2D eigenvalue weighted by atomic mass is 16.6. The van der Waals surface area contributed by atoms with Gasteiger partial charge in [-0.3, -0.25) is 14.4 Å². The second-order valence-electron chi connectivity index (χ2n) is 15.5. The number of ether oxygens (including phenoxy) is 3. The molecule has 0 aromatic carbocycles. The van der Waals surface area contributed by atoms with Crippen molar-refractivity contribution in [2.45, 2.75) is 194 Å². The van der Waals surface area contributed by atoms with Gasteiger partial charge in [-0.05, 0) is 57.8 Å². The van der Waals surface area contributed by atoms with E-state index in [1.54, 1.807) is 0 Å². The van der Waals surface area contributed by atoms with Gasteiger partial charge in [0.05, 0.1) is 0 Å². The molecule has 0 spiro atoms. The number of carbonyl (C=O) groups excluding carboxylic acids is 3. The summed E-state index contributed by atoms with van der Waals surface area (Å²) in [6, 6.07) is 0. The maximum Gasteiger partial charge on any atom is 0.306 e. The van der Waals surface area contributed by atoms with Crippen molar-refractivity contribution in [1.82, 2.24) is 0 Å². The van der Waals surface area contributed by atoms with E-state index < -0.39 is 6.10 Å². The lowest BCUT2D eigenvalue weighted by atomic mass is 10.1. The molecule has 0 rings (SSSR count). The zero-order valence-corrected chi connectivity index (χ0v) is 38.9. The second-order valence-corrected chi connectivity index (χ2v) is 15.5. The van der Waals surface area contributed by atoms with E-state index in [0.29, 0.717) is 19.3 Å². The van der Waals surface area contributed by atoms with Gasteiger partial charge in [-0.25, -0.2) is 0 Å². The lowest BCUT2D eigenvalue weighted by Gasteiger charge is -2.18. The minimum atomic E-state index is -0.804. The molecule has 1 unspecified atom stereocenters. The minimum absolute atomic E-state index is 0.101. The van der Waals surface area contributed by atoms with Crippen LogP contribution in [0.2, 0.25) is 0 Å². The molecule has 1 atom stereocenters. The van der Waals surface area contributed by atoms with Crippen molar-refractivity contribution in [1.29, 1.82) is 0 Å². The molecule has 0 aliphatic rings. The summed E-state index contributed by atoms with van der Waals surface area (Å²) in [6.45, 7) is 6.27. The van der Waals surface area contributed by atoms with Gasteiger partial charge in [0, 0.05) is 19.3 Å². The van der Waals surface area contributed by atoms with Crippen molar-refractivity contribution >= 4 is 17.9 Å². The molecule has 0 aromatic heterocycles. The van der Waals surface area contributed by atoms with Crippen molar-refractivity contribution in [3.63, 3.8) is 0 Å². The van der Waals surface area contributed by atoms with Crippen LogP contribution in [0.4, 0.5) is 0 Å². The van der Waals surface area contributed by atoms with Gasteiger partial charge in [0.15, 0.2) is 6.10 Å². The van der Waals surface area contributed by atoms with E-state index in [-0.39, 0.29) is 31.1 Å². The molecule has 0 saturated carbocycles. The van der Waals surface area contributed by atoms with Gasteiger partial charge in [0.2, 0.25) is 0 Å². The third-order valence-electron chi connectivity index (χ3n) is 9.72. The van der Waals surface area contributed by atoms with Crippen LogP contribution < -0.4 is 0 Å². The van der Waals surface area contributed by atoms with Crippen LogP contribution in [0, 0.1) is 0 Å². The molecule has 0 N–H and O–H groups in total. The van der Waals surface area contributed by atoms with Crippen molar-refractivity contribution in [2.24, 2.45) is 0 Å². The van der Waals surface area contributed by atoms with E-state index in [1.165, 1.54) is 57.8 Å². The molecule has 0 bridgehead atoms. The Morgan fingerprint density at radius 1 is 0.344 bits per heavy atom. The summed E-state index contributed by atoms with van der Waals surface area (Å²) in [6.07, 6.45) is 66.0. The number of allylic oxidation sites excluding steroid dienone is 20. The minimum Gasteiger partial charge on any atom is -0.462 e. The quantitative estimate of drug-likeness (QED) is 0.0264. The predicted octanol–water partition coefficient (Wildman–Crippen LogP) is 15.7. The summed E-state index contributed by atoms with van der Waals surface area (Å²) in [7, 11) is 0. The first-order valence-electron chi connectivity index (χ1n) is 24.2. The van der Waals surface area contributed by atoms with Gasteiger partial charge in [-0.15, -0.1) is 0 Å². The first-order chi connectivity index (χ1) is 30.0. The molecule has 61 heavy (non-hydrogen) atoms. The Bertz CT molecular complexity index is 1340. The van der Waals surface area contributed by atoms with Crippen molar-refractivity contribution in [2.75, 3.05) is 13.2 Å². The predicted molar refractivity (Wildman–Crippen MR) is 260 cm³/mol. The van der Waals surface area contributed by atoms with Gasteiger partial charge in [0.1, 0.15) is 13.2 Å². The molecule has 0 fully saturated rings. The van der Waals surface area contributed by atoms with E-state index in [0.717, 1.165) is 89.9 Å². The molecule has 0 aliphatic carbocycles. The average molecular weight is 843 g/mol. The second kappa shape index (κ2) is 48.5. The van der Waals surface area contributed by atoms with Gasteiger partial charge >= 0.3 is 17.9 Å². The van der Waals surface area contributed by atoms with Crippen LogP contribution in [0.15, 0.2) is 122 Å². The Hall–Kier alpha value is -4.19. The van der Waals surface area contributed by atoms with Crippen LogP contribution in [0.3, 0.4) is 0 Å². The summed E-state index contributed by atoms with van der Waals surface area (Å²) < 4.78 is 16.7. The highest BCUT2D eigenvalue weighted by molar-refractivity contribution is 5.71. The van der Waals surface area contributed by atoms with Gasteiger partial charge in [0.25, 0.3) is 0 Å². The fraction of sp³-hybridized carbons (Fsp3) is 0.582. The Kier molecular flexibility index (Phi) is 45.1. The molecule has 6 heteroatoms. The molecule has 0 heterocycles. The summed E-state index contributed by atoms with van der Waals surface area (Å²) in [5.41, 5.74) is 0. The van der Waals surface area contributed by atoms with E-state index >= 15 is 0 Å². The number of hydrogen-bond donors (Lipinski definition) is 0. The van der Waals surface area contributed by atoms with Crippen LogP contribution in [0.25, 0.3) is 0 Å². The number of esters is 3. The largest absolute Gasteiger partial charge is 0.462 e. The SMILES string of the molecule is CC\C=C/C=C\C=C/C=C\C=C\C=C/C=C\CCCCCC(=O)OCC(COC(=O)CCCCCCCCCCC)OC(=O)CCCCCCCCC\C=C/C=C\C=C/CC. The maximum absolute atomic E-state index is 12.8.